The summed E-state index contributed by atoms with van der Waals surface area (Å²) in [7, 11) is 0. The molecule has 5 rings (SSSR count). The number of rotatable bonds is 2. The average molecular weight is 402 g/mol. The van der Waals surface area contributed by atoms with Gasteiger partial charge in [0.15, 0.2) is 11.5 Å². The van der Waals surface area contributed by atoms with Gasteiger partial charge >= 0.3 is 0 Å². The smallest absolute Gasteiger partial charge is 0.254 e. The normalized spacial score (nSPS) is 26.9. The summed E-state index contributed by atoms with van der Waals surface area (Å²) in [4.78, 5) is 29.7. The predicted octanol–water partition coefficient (Wildman–Crippen LogP) is 1.29. The number of ether oxygens (including phenoxy) is 4. The van der Waals surface area contributed by atoms with Crippen molar-refractivity contribution in [2.75, 3.05) is 52.8 Å². The number of likely N-dealkylation sites (tertiary alicyclic amines) is 1. The summed E-state index contributed by atoms with van der Waals surface area (Å²) >= 11 is 0. The maximum Gasteiger partial charge on any atom is 0.254 e. The lowest BCUT2D eigenvalue weighted by Crippen LogP contribution is -2.56. The Bertz CT molecular complexity index is 808. The Hall–Kier alpha value is -2.32. The average Bonchev–Trinajstić information content (AvgIpc) is 3.40. The highest BCUT2D eigenvalue weighted by atomic mass is 16.7. The van der Waals surface area contributed by atoms with E-state index in [1.807, 2.05) is 9.80 Å². The first kappa shape index (κ1) is 18.7. The van der Waals surface area contributed by atoms with Crippen LogP contribution in [-0.4, -0.2) is 80.0 Å². The van der Waals surface area contributed by atoms with Gasteiger partial charge in [0, 0.05) is 37.8 Å². The van der Waals surface area contributed by atoms with Crippen LogP contribution in [-0.2, 0) is 14.3 Å². The number of morpholine rings is 1. The Balaban J connectivity index is 1.25. The van der Waals surface area contributed by atoms with Crippen LogP contribution in [0.5, 0.6) is 11.5 Å². The highest BCUT2D eigenvalue weighted by Crippen LogP contribution is 2.35. The summed E-state index contributed by atoms with van der Waals surface area (Å²) < 4.78 is 22.2. The zero-order valence-electron chi connectivity index (χ0n) is 16.4. The van der Waals surface area contributed by atoms with Crippen molar-refractivity contribution < 1.29 is 28.5 Å². The fraction of sp³-hybridized carbons (Fsp3) is 0.619. The van der Waals surface area contributed by atoms with Crippen LogP contribution in [0.1, 0.15) is 29.6 Å². The molecule has 0 radical (unpaired) electrons. The van der Waals surface area contributed by atoms with Gasteiger partial charge in [-0.25, -0.2) is 0 Å². The third-order valence-corrected chi connectivity index (χ3v) is 6.35. The van der Waals surface area contributed by atoms with E-state index < -0.39 is 5.60 Å². The van der Waals surface area contributed by atoms with Gasteiger partial charge in [0.05, 0.1) is 19.7 Å². The zero-order valence-corrected chi connectivity index (χ0v) is 16.4. The predicted molar refractivity (Wildman–Crippen MR) is 102 cm³/mol. The lowest BCUT2D eigenvalue weighted by Gasteiger charge is -2.41. The lowest BCUT2D eigenvalue weighted by molar-refractivity contribution is -0.155. The summed E-state index contributed by atoms with van der Waals surface area (Å²) in [6.45, 7) is 4.30. The van der Waals surface area contributed by atoms with E-state index in [9.17, 15) is 9.59 Å². The summed E-state index contributed by atoms with van der Waals surface area (Å²) in [5, 5.41) is 0. The summed E-state index contributed by atoms with van der Waals surface area (Å²) in [6, 6.07) is 5.27. The monoisotopic (exact) mass is 402 g/mol. The van der Waals surface area contributed by atoms with Crippen LogP contribution in [0.25, 0.3) is 0 Å². The van der Waals surface area contributed by atoms with Gasteiger partial charge in [0.25, 0.3) is 5.91 Å². The summed E-state index contributed by atoms with van der Waals surface area (Å²) in [5.41, 5.74) is 0.114. The van der Waals surface area contributed by atoms with Crippen molar-refractivity contribution in [1.82, 2.24) is 9.80 Å². The number of carbonyl (C=O) groups is 2. The molecule has 1 unspecified atom stereocenters. The van der Waals surface area contributed by atoms with Crippen molar-refractivity contribution >= 4 is 11.8 Å². The van der Waals surface area contributed by atoms with E-state index in [-0.39, 0.29) is 24.5 Å². The number of hydrogen-bond acceptors (Lipinski definition) is 6. The molecule has 0 aromatic heterocycles. The topological polar surface area (TPSA) is 77.5 Å². The van der Waals surface area contributed by atoms with Crippen molar-refractivity contribution in [2.45, 2.75) is 24.9 Å². The maximum atomic E-state index is 13.0. The molecule has 156 valence electrons. The maximum absolute atomic E-state index is 13.0. The quantitative estimate of drug-likeness (QED) is 0.742. The molecule has 4 aliphatic rings. The minimum Gasteiger partial charge on any atom is -0.454 e. The first-order valence-corrected chi connectivity index (χ1v) is 10.3. The van der Waals surface area contributed by atoms with Gasteiger partial charge in [-0.05, 0) is 37.5 Å². The van der Waals surface area contributed by atoms with E-state index in [2.05, 4.69) is 0 Å². The Labute approximate surface area is 169 Å². The second-order valence-electron chi connectivity index (χ2n) is 8.22. The van der Waals surface area contributed by atoms with Gasteiger partial charge < -0.3 is 28.7 Å². The molecule has 4 aliphatic heterocycles. The van der Waals surface area contributed by atoms with E-state index in [0.717, 1.165) is 19.3 Å². The number of nitrogens with zero attached hydrogens (tertiary/aromatic N) is 2. The molecule has 0 aliphatic carbocycles. The molecule has 8 heteroatoms. The van der Waals surface area contributed by atoms with Gasteiger partial charge in [0.1, 0.15) is 5.60 Å². The SMILES string of the molecule is O=C(c1ccc2c(c1)OCO2)N1CCC2(C1)CN(C(=O)C1CCOCC1)CCO2. The highest BCUT2D eigenvalue weighted by Gasteiger charge is 2.46. The van der Waals surface area contributed by atoms with E-state index >= 15 is 0 Å². The number of benzene rings is 1. The number of fused-ring (bicyclic) bond motifs is 1. The van der Waals surface area contributed by atoms with E-state index in [1.54, 1.807) is 18.2 Å². The van der Waals surface area contributed by atoms with Gasteiger partial charge in [0.2, 0.25) is 12.7 Å². The van der Waals surface area contributed by atoms with E-state index in [0.29, 0.717) is 63.1 Å². The molecular weight excluding hydrogens is 376 g/mol. The number of amides is 2. The molecule has 0 N–H and O–H groups in total. The van der Waals surface area contributed by atoms with Crippen LogP contribution in [0.15, 0.2) is 18.2 Å². The van der Waals surface area contributed by atoms with Crippen LogP contribution in [0.4, 0.5) is 0 Å². The summed E-state index contributed by atoms with van der Waals surface area (Å²) in [5.74, 6) is 1.48. The standard InChI is InChI=1S/C21H26N2O6/c24-19(15-3-8-26-9-4-15)23-7-10-29-21(13-23)5-6-22(12-21)20(25)16-1-2-17-18(11-16)28-14-27-17/h1-2,11,15H,3-10,12-14H2. The minimum atomic E-state index is -0.467. The third-order valence-electron chi connectivity index (χ3n) is 6.35. The highest BCUT2D eigenvalue weighted by molar-refractivity contribution is 5.95. The Morgan fingerprint density at radius 3 is 2.62 bits per heavy atom. The van der Waals surface area contributed by atoms with Crippen LogP contribution in [0.2, 0.25) is 0 Å². The fourth-order valence-electron chi connectivity index (χ4n) is 4.71. The molecule has 8 nitrogen and oxygen atoms in total. The zero-order chi connectivity index (χ0) is 19.8. The molecule has 3 fully saturated rings. The van der Waals surface area contributed by atoms with Crippen LogP contribution in [0.3, 0.4) is 0 Å². The second-order valence-corrected chi connectivity index (χ2v) is 8.22. The van der Waals surface area contributed by atoms with Gasteiger partial charge in [-0.2, -0.15) is 0 Å². The van der Waals surface area contributed by atoms with E-state index in [1.165, 1.54) is 0 Å². The Morgan fingerprint density at radius 1 is 0.966 bits per heavy atom. The van der Waals surface area contributed by atoms with Crippen molar-refractivity contribution in [2.24, 2.45) is 5.92 Å². The van der Waals surface area contributed by atoms with Gasteiger partial charge in [-0.15, -0.1) is 0 Å². The van der Waals surface area contributed by atoms with Crippen LogP contribution < -0.4 is 9.47 Å². The molecule has 1 aromatic carbocycles. The van der Waals surface area contributed by atoms with Crippen molar-refractivity contribution in [3.05, 3.63) is 23.8 Å². The number of carbonyl (C=O) groups excluding carboxylic acids is 2. The van der Waals surface area contributed by atoms with Crippen LogP contribution in [0, 0.1) is 5.92 Å². The molecule has 0 bridgehead atoms. The lowest BCUT2D eigenvalue weighted by atomic mass is 9.95. The first-order chi connectivity index (χ1) is 14.1. The van der Waals surface area contributed by atoms with Crippen molar-refractivity contribution in [3.8, 4) is 11.5 Å². The van der Waals surface area contributed by atoms with Crippen molar-refractivity contribution in [3.63, 3.8) is 0 Å². The largest absolute Gasteiger partial charge is 0.454 e. The molecule has 1 atom stereocenters. The van der Waals surface area contributed by atoms with Crippen LogP contribution >= 0.6 is 0 Å². The van der Waals surface area contributed by atoms with Gasteiger partial charge in [-0.3, -0.25) is 9.59 Å². The minimum absolute atomic E-state index is 0.0448. The Morgan fingerprint density at radius 2 is 1.76 bits per heavy atom. The summed E-state index contributed by atoms with van der Waals surface area (Å²) in [6.07, 6.45) is 2.32. The Kier molecular flexibility index (Phi) is 4.83. The van der Waals surface area contributed by atoms with Gasteiger partial charge in [-0.1, -0.05) is 0 Å². The third kappa shape index (κ3) is 3.55. The van der Waals surface area contributed by atoms with Crippen molar-refractivity contribution in [1.29, 1.82) is 0 Å². The fourth-order valence-corrected chi connectivity index (χ4v) is 4.71. The molecule has 3 saturated heterocycles. The molecule has 29 heavy (non-hydrogen) atoms. The molecule has 1 spiro atoms. The molecule has 4 heterocycles. The first-order valence-electron chi connectivity index (χ1n) is 10.3. The number of hydrogen-bond donors (Lipinski definition) is 0. The second kappa shape index (κ2) is 7.50. The van der Waals surface area contributed by atoms with E-state index in [4.69, 9.17) is 18.9 Å². The molecule has 2 amide bonds. The molecular formula is C21H26N2O6. The molecule has 0 saturated carbocycles. The molecule has 1 aromatic rings.